The van der Waals surface area contributed by atoms with Gasteiger partial charge in [-0.05, 0) is 31.2 Å². The summed E-state index contributed by atoms with van der Waals surface area (Å²) in [7, 11) is -0.524. The van der Waals surface area contributed by atoms with E-state index >= 15 is 0 Å². The molecule has 154 valence electrons. The largest absolute Gasteiger partial charge is 0.337 e. The number of carbonyl (C=O) groups is 1. The van der Waals surface area contributed by atoms with Crippen molar-refractivity contribution in [2.75, 3.05) is 33.7 Å². The van der Waals surface area contributed by atoms with Gasteiger partial charge in [-0.2, -0.15) is 22.0 Å². The fraction of sp³-hybridized carbons (Fsp3) is 0.588. The number of hydrogen-bond donors (Lipinski definition) is 0. The summed E-state index contributed by atoms with van der Waals surface area (Å²) in [5, 5.41) is 5.91. The highest BCUT2D eigenvalue weighted by Gasteiger charge is 2.35. The number of piperidine rings is 1. The highest BCUT2D eigenvalue weighted by molar-refractivity contribution is 7.86. The molecule has 1 unspecified atom stereocenters. The normalized spacial score (nSPS) is 18.5. The maximum atomic E-state index is 13.0. The number of amides is 1. The number of aromatic nitrogens is 2. The SMILES string of the molecule is CCN(Cc1nc(-c2cccs2)no1)C(=O)C1CCCN(S(=O)(=O)N(C)C)C1. The molecule has 3 rings (SSSR count). The van der Waals surface area contributed by atoms with E-state index in [0.717, 1.165) is 4.88 Å². The molecule has 0 aliphatic carbocycles. The summed E-state index contributed by atoms with van der Waals surface area (Å²) in [6.45, 7) is 3.20. The van der Waals surface area contributed by atoms with Crippen molar-refractivity contribution < 1.29 is 17.7 Å². The van der Waals surface area contributed by atoms with Gasteiger partial charge in [0.2, 0.25) is 17.6 Å². The van der Waals surface area contributed by atoms with Crippen LogP contribution < -0.4 is 0 Å². The van der Waals surface area contributed by atoms with Crippen molar-refractivity contribution >= 4 is 27.5 Å². The van der Waals surface area contributed by atoms with Gasteiger partial charge in [-0.15, -0.1) is 11.3 Å². The molecular weight excluding hydrogens is 402 g/mol. The molecule has 1 amide bonds. The lowest BCUT2D eigenvalue weighted by Gasteiger charge is -2.34. The van der Waals surface area contributed by atoms with E-state index < -0.39 is 10.2 Å². The quantitative estimate of drug-likeness (QED) is 0.666. The number of thiophene rings is 1. The van der Waals surface area contributed by atoms with Gasteiger partial charge in [0, 0.05) is 33.7 Å². The molecule has 0 bridgehead atoms. The minimum atomic E-state index is -3.52. The highest BCUT2D eigenvalue weighted by atomic mass is 32.2. The monoisotopic (exact) mass is 427 g/mol. The van der Waals surface area contributed by atoms with Gasteiger partial charge in [0.25, 0.3) is 10.2 Å². The second-order valence-corrected chi connectivity index (χ2v) is 9.92. The molecule has 1 aliphatic rings. The third-order valence-electron chi connectivity index (χ3n) is 4.75. The van der Waals surface area contributed by atoms with E-state index in [2.05, 4.69) is 10.1 Å². The van der Waals surface area contributed by atoms with Gasteiger partial charge in [-0.1, -0.05) is 11.2 Å². The van der Waals surface area contributed by atoms with E-state index in [1.54, 1.807) is 4.90 Å². The topological polar surface area (TPSA) is 99.9 Å². The van der Waals surface area contributed by atoms with Crippen LogP contribution in [-0.4, -0.2) is 71.7 Å². The highest BCUT2D eigenvalue weighted by Crippen LogP contribution is 2.24. The zero-order chi connectivity index (χ0) is 20.3. The van der Waals surface area contributed by atoms with Crippen LogP contribution in [0.2, 0.25) is 0 Å². The van der Waals surface area contributed by atoms with Gasteiger partial charge in [0.15, 0.2) is 0 Å². The second-order valence-electron chi connectivity index (χ2n) is 6.83. The number of carbonyl (C=O) groups excluding carboxylic acids is 1. The van der Waals surface area contributed by atoms with E-state index in [9.17, 15) is 13.2 Å². The molecular formula is C17H25N5O4S2. The molecule has 1 saturated heterocycles. The van der Waals surface area contributed by atoms with Crippen LogP contribution >= 0.6 is 11.3 Å². The molecule has 9 nitrogen and oxygen atoms in total. The van der Waals surface area contributed by atoms with Crippen LogP contribution in [-0.2, 0) is 21.5 Å². The Bertz CT molecular complexity index is 895. The first-order valence-corrected chi connectivity index (χ1v) is 11.4. The summed E-state index contributed by atoms with van der Waals surface area (Å²) in [4.78, 5) is 19.9. The Morgan fingerprint density at radius 1 is 1.43 bits per heavy atom. The van der Waals surface area contributed by atoms with Crippen LogP contribution in [0, 0.1) is 5.92 Å². The molecule has 2 aromatic heterocycles. The molecule has 1 aliphatic heterocycles. The summed E-state index contributed by atoms with van der Waals surface area (Å²) in [6.07, 6.45) is 1.32. The molecule has 3 heterocycles. The average molecular weight is 428 g/mol. The Balaban J connectivity index is 1.68. The van der Waals surface area contributed by atoms with Gasteiger partial charge >= 0.3 is 0 Å². The molecule has 2 aromatic rings. The van der Waals surface area contributed by atoms with Crippen molar-refractivity contribution in [2.45, 2.75) is 26.3 Å². The molecule has 1 fully saturated rings. The van der Waals surface area contributed by atoms with Gasteiger partial charge < -0.3 is 9.42 Å². The predicted octanol–water partition coefficient (Wildman–Crippen LogP) is 1.67. The van der Waals surface area contributed by atoms with Crippen molar-refractivity contribution in [1.29, 1.82) is 0 Å². The van der Waals surface area contributed by atoms with Gasteiger partial charge in [0.1, 0.15) is 0 Å². The van der Waals surface area contributed by atoms with E-state index in [4.69, 9.17) is 4.52 Å². The lowest BCUT2D eigenvalue weighted by Crippen LogP contribution is -2.49. The van der Waals surface area contributed by atoms with E-state index in [1.165, 1.54) is 34.0 Å². The van der Waals surface area contributed by atoms with Crippen molar-refractivity contribution in [3.63, 3.8) is 0 Å². The molecule has 0 aromatic carbocycles. The molecule has 0 radical (unpaired) electrons. The van der Waals surface area contributed by atoms with E-state index in [-0.39, 0.29) is 24.9 Å². The second kappa shape index (κ2) is 8.68. The Kier molecular flexibility index (Phi) is 6.48. The molecule has 0 saturated carbocycles. The van der Waals surface area contributed by atoms with Crippen LogP contribution in [0.1, 0.15) is 25.7 Å². The van der Waals surface area contributed by atoms with Crippen LogP contribution in [0.15, 0.2) is 22.0 Å². The van der Waals surface area contributed by atoms with Crippen LogP contribution in [0.5, 0.6) is 0 Å². The maximum absolute atomic E-state index is 13.0. The zero-order valence-electron chi connectivity index (χ0n) is 16.2. The van der Waals surface area contributed by atoms with Crippen molar-refractivity contribution in [1.82, 2.24) is 23.7 Å². The van der Waals surface area contributed by atoms with Gasteiger partial charge in [-0.25, -0.2) is 0 Å². The predicted molar refractivity (Wildman–Crippen MR) is 106 cm³/mol. The van der Waals surface area contributed by atoms with E-state index in [0.29, 0.717) is 37.6 Å². The number of rotatable bonds is 7. The van der Waals surface area contributed by atoms with Crippen molar-refractivity contribution in [2.24, 2.45) is 5.92 Å². The Morgan fingerprint density at radius 3 is 2.86 bits per heavy atom. The zero-order valence-corrected chi connectivity index (χ0v) is 17.9. The third-order valence-corrected chi connectivity index (χ3v) is 7.52. The fourth-order valence-electron chi connectivity index (χ4n) is 3.18. The minimum Gasteiger partial charge on any atom is -0.337 e. The van der Waals surface area contributed by atoms with Gasteiger partial charge in [0.05, 0.1) is 17.3 Å². The molecule has 11 heteroatoms. The molecule has 0 N–H and O–H groups in total. The summed E-state index contributed by atoms with van der Waals surface area (Å²) >= 11 is 1.52. The summed E-state index contributed by atoms with van der Waals surface area (Å²) in [6, 6.07) is 3.82. The van der Waals surface area contributed by atoms with Crippen molar-refractivity contribution in [3.05, 3.63) is 23.4 Å². The third kappa shape index (κ3) is 4.43. The fourth-order valence-corrected chi connectivity index (χ4v) is 5.02. The summed E-state index contributed by atoms with van der Waals surface area (Å²) in [5.41, 5.74) is 0. The lowest BCUT2D eigenvalue weighted by atomic mass is 9.98. The maximum Gasteiger partial charge on any atom is 0.281 e. The van der Waals surface area contributed by atoms with Gasteiger partial charge in [-0.3, -0.25) is 4.79 Å². The van der Waals surface area contributed by atoms with Crippen LogP contribution in [0.25, 0.3) is 10.7 Å². The minimum absolute atomic E-state index is 0.0861. The first kappa shape index (κ1) is 20.9. The van der Waals surface area contributed by atoms with Crippen LogP contribution in [0.4, 0.5) is 0 Å². The van der Waals surface area contributed by atoms with Crippen LogP contribution in [0.3, 0.4) is 0 Å². The number of nitrogens with zero attached hydrogens (tertiary/aromatic N) is 5. The average Bonchev–Trinajstić information content (AvgIpc) is 3.37. The number of hydrogen-bond acceptors (Lipinski definition) is 7. The molecule has 1 atom stereocenters. The standard InChI is InChI=1S/C17H25N5O4S2/c1-4-21(12-15-18-16(19-26-15)14-8-6-10-27-14)17(23)13-7-5-9-22(11-13)28(24,25)20(2)3/h6,8,10,13H,4-5,7,9,11-12H2,1-3H3. The lowest BCUT2D eigenvalue weighted by molar-refractivity contribution is -0.137. The first-order valence-electron chi connectivity index (χ1n) is 9.15. The van der Waals surface area contributed by atoms with Crippen molar-refractivity contribution in [3.8, 4) is 10.7 Å². The smallest absolute Gasteiger partial charge is 0.281 e. The summed E-state index contributed by atoms with van der Waals surface area (Å²) in [5.74, 6) is 0.418. The Hall–Kier alpha value is -1.82. The molecule has 0 spiro atoms. The van der Waals surface area contributed by atoms with E-state index in [1.807, 2.05) is 24.4 Å². The first-order chi connectivity index (χ1) is 13.3. The Morgan fingerprint density at radius 2 is 2.21 bits per heavy atom. The Labute approximate surface area is 169 Å². The molecule has 28 heavy (non-hydrogen) atoms. The summed E-state index contributed by atoms with van der Waals surface area (Å²) < 4.78 is 32.7.